The number of rotatable bonds is 3. The van der Waals surface area contributed by atoms with Gasteiger partial charge in [-0.2, -0.15) is 0 Å². The molecule has 4 N–H and O–H groups in total. The van der Waals surface area contributed by atoms with Crippen LogP contribution in [0.15, 0.2) is 41.7 Å². The minimum absolute atomic E-state index is 0.0111. The molecule has 6 heteroatoms. The average molecular weight is 284 g/mol. The van der Waals surface area contributed by atoms with Gasteiger partial charge in [0.2, 0.25) is 0 Å². The monoisotopic (exact) mass is 284 g/mol. The number of hydrogen-bond acceptors (Lipinski definition) is 4. The average Bonchev–Trinajstić information content (AvgIpc) is 2.49. The third-order valence-electron chi connectivity index (χ3n) is 3.14. The second kappa shape index (κ2) is 6.04. The molecule has 1 aromatic heterocycles. The Kier molecular flexibility index (Phi) is 4.18. The number of amides is 1. The van der Waals surface area contributed by atoms with Gasteiger partial charge in [0.05, 0.1) is 5.56 Å². The Balaban J connectivity index is 2.31. The summed E-state index contributed by atoms with van der Waals surface area (Å²) >= 11 is 0. The van der Waals surface area contributed by atoms with E-state index in [0.717, 1.165) is 5.56 Å². The molecule has 2 aromatic rings. The van der Waals surface area contributed by atoms with Gasteiger partial charge in [0.25, 0.3) is 5.91 Å². The van der Waals surface area contributed by atoms with E-state index >= 15 is 0 Å². The first-order chi connectivity index (χ1) is 10.0. The van der Waals surface area contributed by atoms with Gasteiger partial charge in [-0.05, 0) is 37.6 Å². The molecule has 0 spiro atoms. The molecule has 0 aliphatic rings. The number of aromatic nitrogens is 1. The molecule has 0 unspecified atom stereocenters. The van der Waals surface area contributed by atoms with Gasteiger partial charge in [-0.25, -0.2) is 0 Å². The minimum Gasteiger partial charge on any atom is -0.409 e. The van der Waals surface area contributed by atoms with Crippen molar-refractivity contribution in [3.05, 3.63) is 58.9 Å². The molecule has 0 radical (unpaired) electrons. The quantitative estimate of drug-likeness (QED) is 0.347. The Morgan fingerprint density at radius 2 is 2.10 bits per heavy atom. The van der Waals surface area contributed by atoms with Crippen LogP contribution < -0.4 is 11.1 Å². The molecule has 6 nitrogen and oxygen atoms in total. The molecular weight excluding hydrogens is 268 g/mol. The topological polar surface area (TPSA) is 101 Å². The largest absolute Gasteiger partial charge is 0.409 e. The number of amidine groups is 1. The van der Waals surface area contributed by atoms with Crippen LogP contribution in [0.2, 0.25) is 0 Å². The number of carbonyl (C=O) groups excluding carboxylic acids is 1. The highest BCUT2D eigenvalue weighted by Gasteiger charge is 2.12. The molecule has 0 saturated heterocycles. The summed E-state index contributed by atoms with van der Waals surface area (Å²) in [5.74, 6) is -0.261. The van der Waals surface area contributed by atoms with E-state index in [9.17, 15) is 4.79 Å². The highest BCUT2D eigenvalue weighted by molar-refractivity contribution is 6.06. The standard InChI is InChI=1S/C15H16N4O2/c1-9-5-6-11(14(16)19-21)8-13(9)18-15(20)12-4-3-7-17-10(12)2/h3-8,21H,1-2H3,(H2,16,19)(H,18,20). The van der Waals surface area contributed by atoms with E-state index in [1.165, 1.54) is 0 Å². The summed E-state index contributed by atoms with van der Waals surface area (Å²) < 4.78 is 0. The normalized spacial score (nSPS) is 11.2. The first-order valence-corrected chi connectivity index (χ1v) is 6.34. The number of aryl methyl sites for hydroxylation is 2. The first-order valence-electron chi connectivity index (χ1n) is 6.34. The number of carbonyl (C=O) groups is 1. The van der Waals surface area contributed by atoms with Gasteiger partial charge in [-0.15, -0.1) is 0 Å². The van der Waals surface area contributed by atoms with Crippen LogP contribution in [0.25, 0.3) is 0 Å². The predicted octanol–water partition coefficient (Wildman–Crippen LogP) is 2.05. The van der Waals surface area contributed by atoms with E-state index in [1.807, 2.05) is 6.92 Å². The molecule has 0 saturated carbocycles. The second-order valence-corrected chi connectivity index (χ2v) is 4.61. The zero-order valence-electron chi connectivity index (χ0n) is 11.8. The smallest absolute Gasteiger partial charge is 0.257 e. The van der Waals surface area contributed by atoms with Crippen LogP contribution in [0.1, 0.15) is 27.2 Å². The number of nitrogens with zero attached hydrogens (tertiary/aromatic N) is 2. The lowest BCUT2D eigenvalue weighted by Gasteiger charge is -2.11. The van der Waals surface area contributed by atoms with Crippen LogP contribution in [0.3, 0.4) is 0 Å². The van der Waals surface area contributed by atoms with Gasteiger partial charge >= 0.3 is 0 Å². The Morgan fingerprint density at radius 3 is 2.76 bits per heavy atom. The van der Waals surface area contributed by atoms with Crippen LogP contribution in [-0.4, -0.2) is 21.9 Å². The first kappa shape index (κ1) is 14.5. The summed E-state index contributed by atoms with van der Waals surface area (Å²) in [7, 11) is 0. The predicted molar refractivity (Wildman–Crippen MR) is 80.6 cm³/mol. The van der Waals surface area contributed by atoms with Crippen molar-refractivity contribution in [1.82, 2.24) is 4.98 Å². The lowest BCUT2D eigenvalue weighted by molar-refractivity contribution is 0.102. The maximum Gasteiger partial charge on any atom is 0.257 e. The van der Waals surface area contributed by atoms with Crippen LogP contribution >= 0.6 is 0 Å². The zero-order chi connectivity index (χ0) is 15.4. The molecular formula is C15H16N4O2. The summed E-state index contributed by atoms with van der Waals surface area (Å²) in [4.78, 5) is 16.4. The Hall–Kier alpha value is -2.89. The van der Waals surface area contributed by atoms with Crippen molar-refractivity contribution in [3.8, 4) is 0 Å². The van der Waals surface area contributed by atoms with E-state index in [4.69, 9.17) is 10.9 Å². The Morgan fingerprint density at radius 1 is 1.33 bits per heavy atom. The van der Waals surface area contributed by atoms with Crippen LogP contribution in [0.5, 0.6) is 0 Å². The van der Waals surface area contributed by atoms with Crippen molar-refractivity contribution in [2.24, 2.45) is 10.9 Å². The summed E-state index contributed by atoms with van der Waals surface area (Å²) in [5.41, 5.74) is 8.72. The second-order valence-electron chi connectivity index (χ2n) is 4.61. The van der Waals surface area contributed by atoms with Gasteiger partial charge in [-0.3, -0.25) is 9.78 Å². The van der Waals surface area contributed by atoms with Gasteiger partial charge in [0.15, 0.2) is 5.84 Å². The fraction of sp³-hybridized carbons (Fsp3) is 0.133. The van der Waals surface area contributed by atoms with E-state index in [2.05, 4.69) is 15.5 Å². The lowest BCUT2D eigenvalue weighted by Crippen LogP contribution is -2.17. The molecule has 0 atom stereocenters. The molecule has 0 aliphatic heterocycles. The molecule has 1 amide bonds. The van der Waals surface area contributed by atoms with Crippen molar-refractivity contribution in [2.45, 2.75) is 13.8 Å². The molecule has 1 heterocycles. The zero-order valence-corrected chi connectivity index (χ0v) is 11.8. The van der Waals surface area contributed by atoms with E-state index in [1.54, 1.807) is 43.5 Å². The van der Waals surface area contributed by atoms with Gasteiger partial charge in [0, 0.05) is 23.1 Å². The molecule has 2 rings (SSSR count). The van der Waals surface area contributed by atoms with E-state index in [-0.39, 0.29) is 11.7 Å². The van der Waals surface area contributed by atoms with E-state index < -0.39 is 0 Å². The molecule has 1 aromatic carbocycles. The fourth-order valence-electron chi connectivity index (χ4n) is 1.89. The highest BCUT2D eigenvalue weighted by Crippen LogP contribution is 2.18. The van der Waals surface area contributed by atoms with Gasteiger partial charge in [-0.1, -0.05) is 17.3 Å². The molecule has 0 bridgehead atoms. The maximum atomic E-state index is 12.3. The summed E-state index contributed by atoms with van der Waals surface area (Å²) in [6.45, 7) is 3.64. The fourth-order valence-corrected chi connectivity index (χ4v) is 1.89. The van der Waals surface area contributed by atoms with Crippen LogP contribution in [0.4, 0.5) is 5.69 Å². The van der Waals surface area contributed by atoms with E-state index in [0.29, 0.717) is 22.5 Å². The molecule has 0 aliphatic carbocycles. The maximum absolute atomic E-state index is 12.3. The number of oxime groups is 1. The SMILES string of the molecule is Cc1ccc(/C(N)=N/O)cc1NC(=O)c1cccnc1C. The van der Waals surface area contributed by atoms with Crippen molar-refractivity contribution in [3.63, 3.8) is 0 Å². The lowest BCUT2D eigenvalue weighted by atomic mass is 10.1. The Bertz CT molecular complexity index is 711. The third kappa shape index (κ3) is 3.17. The molecule has 0 fully saturated rings. The summed E-state index contributed by atoms with van der Waals surface area (Å²) in [6, 6.07) is 8.59. The van der Waals surface area contributed by atoms with Crippen LogP contribution in [0, 0.1) is 13.8 Å². The number of pyridine rings is 1. The number of nitrogens with two attached hydrogens (primary N) is 1. The summed E-state index contributed by atoms with van der Waals surface area (Å²) in [6.07, 6.45) is 1.64. The van der Waals surface area contributed by atoms with Crippen LogP contribution in [-0.2, 0) is 0 Å². The van der Waals surface area contributed by atoms with Gasteiger partial charge < -0.3 is 16.3 Å². The Labute approximate surface area is 122 Å². The minimum atomic E-state index is -0.250. The molecule has 108 valence electrons. The third-order valence-corrected chi connectivity index (χ3v) is 3.14. The van der Waals surface area contributed by atoms with Crippen molar-refractivity contribution in [1.29, 1.82) is 0 Å². The number of hydrogen-bond donors (Lipinski definition) is 3. The molecule has 21 heavy (non-hydrogen) atoms. The van der Waals surface area contributed by atoms with Gasteiger partial charge in [0.1, 0.15) is 0 Å². The summed E-state index contributed by atoms with van der Waals surface area (Å²) in [5, 5.41) is 14.5. The number of nitrogens with one attached hydrogen (secondary N) is 1. The van der Waals surface area contributed by atoms with Crippen molar-refractivity contribution in [2.75, 3.05) is 5.32 Å². The van der Waals surface area contributed by atoms with Crippen molar-refractivity contribution < 1.29 is 10.0 Å². The number of anilines is 1. The van der Waals surface area contributed by atoms with Crippen molar-refractivity contribution >= 4 is 17.4 Å². The highest BCUT2D eigenvalue weighted by atomic mass is 16.4. The number of benzene rings is 1.